The second-order valence-corrected chi connectivity index (χ2v) is 5.14. The standard InChI is InChI=1S/C11H16ClN3O3S/c1-4-5-13-9(16)6(2)14-11-15-8(12)7(19-11)10(17)18-3/h6H,4-5H2,1-3H3,(H,13,16)(H,14,15). The molecule has 0 bridgehead atoms. The Balaban J connectivity index is 2.67. The minimum Gasteiger partial charge on any atom is -0.465 e. The molecule has 0 fully saturated rings. The fourth-order valence-electron chi connectivity index (χ4n) is 1.23. The molecular formula is C11H16ClN3O3S. The highest BCUT2D eigenvalue weighted by Crippen LogP contribution is 2.27. The first kappa shape index (κ1) is 15.7. The Morgan fingerprint density at radius 1 is 1.53 bits per heavy atom. The Kier molecular flexibility index (Phi) is 6.04. The van der Waals surface area contributed by atoms with Crippen molar-refractivity contribution in [1.29, 1.82) is 0 Å². The molecule has 106 valence electrons. The molecule has 0 aliphatic rings. The van der Waals surface area contributed by atoms with Crippen molar-refractivity contribution in [3.8, 4) is 0 Å². The molecular weight excluding hydrogens is 290 g/mol. The van der Waals surface area contributed by atoms with Crippen LogP contribution in [0.3, 0.4) is 0 Å². The molecule has 1 amide bonds. The van der Waals surface area contributed by atoms with Crippen LogP contribution in [-0.2, 0) is 9.53 Å². The minimum absolute atomic E-state index is 0.0699. The molecule has 1 atom stereocenters. The van der Waals surface area contributed by atoms with E-state index in [2.05, 4.69) is 20.4 Å². The van der Waals surface area contributed by atoms with Gasteiger partial charge in [-0.05, 0) is 13.3 Å². The molecule has 2 N–H and O–H groups in total. The molecule has 0 saturated carbocycles. The van der Waals surface area contributed by atoms with Gasteiger partial charge >= 0.3 is 5.97 Å². The predicted octanol–water partition coefficient (Wildman–Crippen LogP) is 1.91. The summed E-state index contributed by atoms with van der Waals surface area (Å²) in [6.45, 7) is 4.30. The molecule has 0 aliphatic heterocycles. The van der Waals surface area contributed by atoms with E-state index in [1.807, 2.05) is 6.92 Å². The number of thiazole rings is 1. The number of anilines is 1. The largest absolute Gasteiger partial charge is 0.465 e. The molecule has 0 radical (unpaired) electrons. The lowest BCUT2D eigenvalue weighted by atomic mass is 10.3. The van der Waals surface area contributed by atoms with Crippen LogP contribution < -0.4 is 10.6 Å². The van der Waals surface area contributed by atoms with Gasteiger partial charge in [-0.25, -0.2) is 9.78 Å². The molecule has 1 heterocycles. The van der Waals surface area contributed by atoms with Gasteiger partial charge in [-0.3, -0.25) is 4.79 Å². The van der Waals surface area contributed by atoms with E-state index >= 15 is 0 Å². The summed E-state index contributed by atoms with van der Waals surface area (Å²) in [6.07, 6.45) is 0.869. The van der Waals surface area contributed by atoms with Crippen LogP contribution in [0.5, 0.6) is 0 Å². The molecule has 0 aliphatic carbocycles. The van der Waals surface area contributed by atoms with Crippen LogP contribution in [0.2, 0.25) is 5.15 Å². The first-order valence-electron chi connectivity index (χ1n) is 5.78. The van der Waals surface area contributed by atoms with E-state index in [1.54, 1.807) is 6.92 Å². The van der Waals surface area contributed by atoms with Crippen LogP contribution in [0.15, 0.2) is 0 Å². The van der Waals surface area contributed by atoms with Gasteiger partial charge < -0.3 is 15.4 Å². The summed E-state index contributed by atoms with van der Waals surface area (Å²) >= 11 is 6.88. The maximum absolute atomic E-state index is 11.7. The molecule has 1 aromatic heterocycles. The Bertz CT molecular complexity index is 464. The maximum atomic E-state index is 11.7. The van der Waals surface area contributed by atoms with E-state index in [1.165, 1.54) is 7.11 Å². The van der Waals surface area contributed by atoms with Gasteiger partial charge in [0, 0.05) is 6.54 Å². The minimum atomic E-state index is -0.543. The topological polar surface area (TPSA) is 80.3 Å². The van der Waals surface area contributed by atoms with Crippen LogP contribution >= 0.6 is 22.9 Å². The second-order valence-electron chi connectivity index (χ2n) is 3.79. The average Bonchev–Trinajstić information content (AvgIpc) is 2.75. The summed E-state index contributed by atoms with van der Waals surface area (Å²) in [5, 5.41) is 6.13. The number of aromatic nitrogens is 1. The molecule has 19 heavy (non-hydrogen) atoms. The number of carbonyl (C=O) groups is 2. The zero-order chi connectivity index (χ0) is 14.4. The molecule has 1 unspecified atom stereocenters. The van der Waals surface area contributed by atoms with Crippen molar-refractivity contribution in [2.75, 3.05) is 19.0 Å². The highest BCUT2D eigenvalue weighted by atomic mass is 35.5. The fourth-order valence-corrected chi connectivity index (χ4v) is 2.42. The SMILES string of the molecule is CCCNC(=O)C(C)Nc1nc(Cl)c(C(=O)OC)s1. The van der Waals surface area contributed by atoms with Crippen molar-refractivity contribution in [3.63, 3.8) is 0 Å². The number of esters is 1. The zero-order valence-electron chi connectivity index (χ0n) is 10.9. The highest BCUT2D eigenvalue weighted by molar-refractivity contribution is 7.18. The third-order valence-electron chi connectivity index (χ3n) is 2.24. The van der Waals surface area contributed by atoms with Gasteiger partial charge in [0.15, 0.2) is 15.2 Å². The third kappa shape index (κ3) is 4.36. The number of hydrogen-bond acceptors (Lipinski definition) is 6. The van der Waals surface area contributed by atoms with Gasteiger partial charge in [-0.2, -0.15) is 0 Å². The Labute approximate surface area is 120 Å². The van der Waals surface area contributed by atoms with Gasteiger partial charge in [0.25, 0.3) is 0 Å². The van der Waals surface area contributed by atoms with Crippen molar-refractivity contribution in [2.24, 2.45) is 0 Å². The summed E-state index contributed by atoms with van der Waals surface area (Å²) in [5.74, 6) is -0.675. The quantitative estimate of drug-likeness (QED) is 0.785. The van der Waals surface area contributed by atoms with Gasteiger partial charge in [0.05, 0.1) is 7.11 Å². The number of nitrogens with one attached hydrogen (secondary N) is 2. The van der Waals surface area contributed by atoms with Crippen molar-refractivity contribution in [3.05, 3.63) is 10.0 Å². The molecule has 8 heteroatoms. The fraction of sp³-hybridized carbons (Fsp3) is 0.545. The van der Waals surface area contributed by atoms with Gasteiger partial charge in [0.2, 0.25) is 5.91 Å². The van der Waals surface area contributed by atoms with Crippen LogP contribution in [0.1, 0.15) is 29.9 Å². The number of amides is 1. The Morgan fingerprint density at radius 3 is 2.79 bits per heavy atom. The first-order valence-corrected chi connectivity index (χ1v) is 6.97. The Hall–Kier alpha value is -1.34. The normalized spacial score (nSPS) is 11.8. The van der Waals surface area contributed by atoms with Crippen molar-refractivity contribution >= 4 is 39.9 Å². The molecule has 0 saturated heterocycles. The molecule has 0 spiro atoms. The summed E-state index contributed by atoms with van der Waals surface area (Å²) in [6, 6.07) is -0.459. The number of methoxy groups -OCH3 is 1. The van der Waals surface area contributed by atoms with Gasteiger partial charge in [-0.15, -0.1) is 0 Å². The lowest BCUT2D eigenvalue weighted by molar-refractivity contribution is -0.121. The summed E-state index contributed by atoms with van der Waals surface area (Å²) in [5.41, 5.74) is 0. The number of ether oxygens (including phenoxy) is 1. The number of nitrogens with zero attached hydrogens (tertiary/aromatic N) is 1. The van der Waals surface area contributed by atoms with Crippen LogP contribution in [-0.4, -0.2) is 36.6 Å². The lowest BCUT2D eigenvalue weighted by Crippen LogP contribution is -2.37. The first-order chi connectivity index (χ1) is 8.99. The van der Waals surface area contributed by atoms with E-state index in [4.69, 9.17) is 11.6 Å². The van der Waals surface area contributed by atoms with Crippen LogP contribution in [0.25, 0.3) is 0 Å². The Morgan fingerprint density at radius 2 is 2.21 bits per heavy atom. The van der Waals surface area contributed by atoms with Gasteiger partial charge in [0.1, 0.15) is 6.04 Å². The average molecular weight is 306 g/mol. The van der Waals surface area contributed by atoms with Crippen molar-refractivity contribution in [1.82, 2.24) is 10.3 Å². The zero-order valence-corrected chi connectivity index (χ0v) is 12.5. The second kappa shape index (κ2) is 7.30. The highest BCUT2D eigenvalue weighted by Gasteiger charge is 2.19. The number of carbonyl (C=O) groups excluding carboxylic acids is 2. The summed E-state index contributed by atoms with van der Waals surface area (Å²) < 4.78 is 4.58. The van der Waals surface area contributed by atoms with Crippen LogP contribution in [0, 0.1) is 0 Å². The molecule has 0 aromatic carbocycles. The van der Waals surface area contributed by atoms with Crippen molar-refractivity contribution in [2.45, 2.75) is 26.3 Å². The third-order valence-corrected chi connectivity index (χ3v) is 3.59. The molecule has 1 aromatic rings. The monoisotopic (exact) mass is 305 g/mol. The van der Waals surface area contributed by atoms with E-state index in [9.17, 15) is 9.59 Å². The number of hydrogen-bond donors (Lipinski definition) is 2. The van der Waals surface area contributed by atoms with Crippen LogP contribution in [0.4, 0.5) is 5.13 Å². The van der Waals surface area contributed by atoms with E-state index < -0.39 is 12.0 Å². The van der Waals surface area contributed by atoms with E-state index in [0.29, 0.717) is 11.7 Å². The number of rotatable bonds is 6. The lowest BCUT2D eigenvalue weighted by Gasteiger charge is -2.12. The van der Waals surface area contributed by atoms with Gasteiger partial charge in [-0.1, -0.05) is 29.9 Å². The summed E-state index contributed by atoms with van der Waals surface area (Å²) in [4.78, 5) is 27.2. The molecule has 1 rings (SSSR count). The predicted molar refractivity (Wildman–Crippen MR) is 74.8 cm³/mol. The van der Waals surface area contributed by atoms with E-state index in [0.717, 1.165) is 17.8 Å². The van der Waals surface area contributed by atoms with Crippen molar-refractivity contribution < 1.29 is 14.3 Å². The smallest absolute Gasteiger partial charge is 0.351 e. The maximum Gasteiger partial charge on any atom is 0.351 e. The molecule has 6 nitrogen and oxygen atoms in total. The summed E-state index contributed by atoms with van der Waals surface area (Å²) in [7, 11) is 1.27. The van der Waals surface area contributed by atoms with E-state index in [-0.39, 0.29) is 15.9 Å². The number of halogens is 1.